The second kappa shape index (κ2) is 6.65. The first-order valence-corrected chi connectivity index (χ1v) is 7.95. The Kier molecular flexibility index (Phi) is 5.83. The Morgan fingerprint density at radius 2 is 2.29 bits per heavy atom. The van der Waals surface area contributed by atoms with E-state index >= 15 is 0 Å². The summed E-state index contributed by atoms with van der Waals surface area (Å²) in [5.74, 6) is -0.0839. The molecule has 1 heterocycles. The van der Waals surface area contributed by atoms with Crippen molar-refractivity contribution in [2.45, 2.75) is 51.8 Å². The van der Waals surface area contributed by atoms with Crippen LogP contribution in [0.5, 0.6) is 0 Å². The first-order chi connectivity index (χ1) is 9.33. The van der Waals surface area contributed by atoms with Crippen LogP contribution in [-0.4, -0.2) is 24.2 Å². The second-order valence-electron chi connectivity index (χ2n) is 6.05. The summed E-state index contributed by atoms with van der Waals surface area (Å²) in [4.78, 5) is 13.7. The van der Waals surface area contributed by atoms with Crippen molar-refractivity contribution in [2.24, 2.45) is 11.1 Å². The van der Waals surface area contributed by atoms with Crippen LogP contribution in [0.2, 0.25) is 0 Å². The van der Waals surface area contributed by atoms with Gasteiger partial charge in [-0.05, 0) is 25.3 Å². The monoisotopic (exact) mass is 332 g/mol. The molecule has 0 radical (unpaired) electrons. The lowest BCUT2D eigenvalue weighted by atomic mass is 9.54. The average molecular weight is 333 g/mol. The molecule has 6 heteroatoms. The first-order valence-electron chi connectivity index (χ1n) is 7.07. The third-order valence-electron chi connectivity index (χ3n) is 4.55. The molecule has 0 aromatic carbocycles. The minimum Gasteiger partial charge on any atom is -0.378 e. The summed E-state index contributed by atoms with van der Waals surface area (Å²) in [7, 11) is 0. The Bertz CT molecular complexity index is 478. The largest absolute Gasteiger partial charge is 0.378 e. The van der Waals surface area contributed by atoms with Gasteiger partial charge in [-0.25, -0.2) is 0 Å². The van der Waals surface area contributed by atoms with E-state index in [4.69, 9.17) is 10.5 Å². The molecule has 3 atom stereocenters. The van der Waals surface area contributed by atoms with Gasteiger partial charge in [0.2, 0.25) is 5.91 Å². The van der Waals surface area contributed by atoms with Gasteiger partial charge in [0.05, 0.1) is 12.1 Å². The quantitative estimate of drug-likeness (QED) is 0.871. The summed E-state index contributed by atoms with van der Waals surface area (Å²) in [6, 6.07) is 4.00. The Morgan fingerprint density at radius 3 is 2.76 bits per heavy atom. The predicted octanol–water partition coefficient (Wildman–Crippen LogP) is 2.88. The number of nitrogens with one attached hydrogen (secondary N) is 1. The molecule has 0 saturated heterocycles. The lowest BCUT2D eigenvalue weighted by Crippen LogP contribution is -2.75. The minimum absolute atomic E-state index is 0. The van der Waals surface area contributed by atoms with Gasteiger partial charge in [-0.1, -0.05) is 19.9 Å². The molecule has 1 aromatic rings. The van der Waals surface area contributed by atoms with Crippen molar-refractivity contribution < 1.29 is 9.53 Å². The van der Waals surface area contributed by atoms with Gasteiger partial charge in [-0.2, -0.15) is 0 Å². The smallest absolute Gasteiger partial charge is 0.241 e. The Morgan fingerprint density at radius 1 is 1.62 bits per heavy atom. The topological polar surface area (TPSA) is 64.3 Å². The van der Waals surface area contributed by atoms with Crippen molar-refractivity contribution >= 4 is 29.7 Å². The van der Waals surface area contributed by atoms with Gasteiger partial charge in [0, 0.05) is 23.3 Å². The van der Waals surface area contributed by atoms with Crippen LogP contribution in [0.3, 0.4) is 0 Å². The summed E-state index contributed by atoms with van der Waals surface area (Å²) >= 11 is 1.64. The summed E-state index contributed by atoms with van der Waals surface area (Å²) in [6.45, 7) is 8.61. The molecular weight excluding hydrogens is 308 g/mol. The van der Waals surface area contributed by atoms with Crippen molar-refractivity contribution in [2.75, 3.05) is 6.61 Å². The van der Waals surface area contributed by atoms with Crippen LogP contribution in [0.4, 0.5) is 0 Å². The number of ether oxygens (including phenoxy) is 1. The normalized spacial score (nSPS) is 28.1. The molecular formula is C15H25ClN2O2S. The number of hydrogen-bond acceptors (Lipinski definition) is 4. The van der Waals surface area contributed by atoms with Gasteiger partial charge >= 0.3 is 0 Å². The molecule has 0 spiro atoms. The summed E-state index contributed by atoms with van der Waals surface area (Å²) in [5.41, 5.74) is 5.16. The molecule has 1 aliphatic rings. The summed E-state index contributed by atoms with van der Waals surface area (Å²) in [5, 5.41) is 5.04. The number of thiophene rings is 1. The highest BCUT2D eigenvalue weighted by molar-refractivity contribution is 7.10. The molecule has 1 amide bonds. The molecule has 4 nitrogen and oxygen atoms in total. The highest BCUT2D eigenvalue weighted by Gasteiger charge is 2.62. The molecule has 1 aliphatic carbocycles. The fraction of sp³-hybridized carbons (Fsp3) is 0.667. The number of halogens is 1. The molecule has 3 N–H and O–H groups in total. The molecule has 3 unspecified atom stereocenters. The zero-order valence-corrected chi connectivity index (χ0v) is 14.6. The van der Waals surface area contributed by atoms with Crippen LogP contribution < -0.4 is 11.1 Å². The number of hydrogen-bond donors (Lipinski definition) is 2. The van der Waals surface area contributed by atoms with Crippen LogP contribution in [0.1, 0.15) is 45.0 Å². The zero-order chi connectivity index (χ0) is 15.0. The number of amides is 1. The predicted molar refractivity (Wildman–Crippen MR) is 88.9 cm³/mol. The van der Waals surface area contributed by atoms with Crippen molar-refractivity contribution in [3.05, 3.63) is 22.4 Å². The van der Waals surface area contributed by atoms with Crippen LogP contribution in [0.15, 0.2) is 17.5 Å². The van der Waals surface area contributed by atoms with Gasteiger partial charge < -0.3 is 15.8 Å². The third-order valence-corrected chi connectivity index (χ3v) is 5.61. The van der Waals surface area contributed by atoms with Gasteiger partial charge in [0.25, 0.3) is 0 Å². The maximum absolute atomic E-state index is 12.5. The molecule has 21 heavy (non-hydrogen) atoms. The molecule has 0 bridgehead atoms. The number of rotatable bonds is 5. The van der Waals surface area contributed by atoms with Gasteiger partial charge in [0.15, 0.2) is 0 Å². The van der Waals surface area contributed by atoms with Crippen molar-refractivity contribution in [1.82, 2.24) is 5.32 Å². The van der Waals surface area contributed by atoms with Crippen molar-refractivity contribution in [1.29, 1.82) is 0 Å². The Hall–Kier alpha value is -0.620. The minimum atomic E-state index is -0.849. The third kappa shape index (κ3) is 3.11. The van der Waals surface area contributed by atoms with Crippen molar-refractivity contribution in [3.63, 3.8) is 0 Å². The van der Waals surface area contributed by atoms with Crippen LogP contribution in [0, 0.1) is 5.41 Å². The van der Waals surface area contributed by atoms with Crippen LogP contribution >= 0.6 is 23.7 Å². The van der Waals surface area contributed by atoms with E-state index in [-0.39, 0.29) is 35.9 Å². The SMILES string of the molecule is CCOC1CC(N)(C(=O)NC(C)c2cccs2)C1(C)C.Cl. The Balaban J connectivity index is 0.00000220. The maximum Gasteiger partial charge on any atom is 0.241 e. The number of carbonyl (C=O) groups is 1. The maximum atomic E-state index is 12.5. The fourth-order valence-electron chi connectivity index (χ4n) is 2.75. The van der Waals surface area contributed by atoms with E-state index in [9.17, 15) is 4.79 Å². The highest BCUT2D eigenvalue weighted by Crippen LogP contribution is 2.50. The second-order valence-corrected chi connectivity index (χ2v) is 7.03. The average Bonchev–Trinajstić information content (AvgIpc) is 2.92. The standard InChI is InChI=1S/C15H24N2O2S.ClH/c1-5-19-12-9-15(16,14(12,3)4)13(18)17-10(2)11-7-6-8-20-11;/h6-8,10,12H,5,9,16H2,1-4H3,(H,17,18);1H. The molecule has 120 valence electrons. The lowest BCUT2D eigenvalue weighted by molar-refractivity contribution is -0.171. The van der Waals surface area contributed by atoms with E-state index in [1.54, 1.807) is 11.3 Å². The van der Waals surface area contributed by atoms with Crippen LogP contribution in [0.25, 0.3) is 0 Å². The zero-order valence-electron chi connectivity index (χ0n) is 13.0. The fourth-order valence-corrected chi connectivity index (χ4v) is 3.49. The molecule has 1 fully saturated rings. The van der Waals surface area contributed by atoms with E-state index < -0.39 is 5.54 Å². The highest BCUT2D eigenvalue weighted by atomic mass is 35.5. The summed E-state index contributed by atoms with van der Waals surface area (Å²) in [6.07, 6.45) is 0.636. The van der Waals surface area contributed by atoms with E-state index in [0.717, 1.165) is 4.88 Å². The van der Waals surface area contributed by atoms with Crippen LogP contribution in [-0.2, 0) is 9.53 Å². The Labute approximate surface area is 136 Å². The van der Waals surface area contributed by atoms with Gasteiger partial charge in [0.1, 0.15) is 5.54 Å². The molecule has 1 saturated carbocycles. The van der Waals surface area contributed by atoms with Gasteiger partial charge in [-0.3, -0.25) is 4.79 Å². The molecule has 0 aliphatic heterocycles. The van der Waals surface area contributed by atoms with Gasteiger partial charge in [-0.15, -0.1) is 23.7 Å². The van der Waals surface area contributed by atoms with E-state index in [0.29, 0.717) is 13.0 Å². The van der Waals surface area contributed by atoms with E-state index in [2.05, 4.69) is 5.32 Å². The number of nitrogens with two attached hydrogens (primary N) is 1. The lowest BCUT2D eigenvalue weighted by Gasteiger charge is -2.57. The first kappa shape index (κ1) is 18.4. The molecule has 2 rings (SSSR count). The van der Waals surface area contributed by atoms with E-state index in [1.807, 2.05) is 45.2 Å². The van der Waals surface area contributed by atoms with E-state index in [1.165, 1.54) is 0 Å². The summed E-state index contributed by atoms with van der Waals surface area (Å²) < 4.78 is 5.66. The van der Waals surface area contributed by atoms with Crippen molar-refractivity contribution in [3.8, 4) is 0 Å². The number of carbonyl (C=O) groups excluding carboxylic acids is 1. The molecule has 1 aromatic heterocycles.